The zero-order valence-electron chi connectivity index (χ0n) is 22.1. The molecule has 0 amide bonds. The Kier molecular flexibility index (Phi) is 5.62. The Labute approximate surface area is 215 Å². The molecule has 13 unspecified atom stereocenters. The number of hydrogen-bond acceptors (Lipinski definition) is 8. The van der Waals surface area contributed by atoms with Crippen LogP contribution >= 0.6 is 0 Å². The van der Waals surface area contributed by atoms with Crippen LogP contribution in [0.2, 0.25) is 0 Å². The van der Waals surface area contributed by atoms with Crippen LogP contribution in [-0.2, 0) is 28.4 Å². The van der Waals surface area contributed by atoms with Crippen LogP contribution in [0.25, 0.3) is 0 Å². The maximum atomic E-state index is 6.44. The number of ether oxygens (including phenoxy) is 6. The van der Waals surface area contributed by atoms with Crippen molar-refractivity contribution in [2.24, 2.45) is 35.0 Å². The van der Waals surface area contributed by atoms with Crippen molar-refractivity contribution in [3.8, 4) is 0 Å². The van der Waals surface area contributed by atoms with E-state index in [9.17, 15) is 0 Å². The minimum Gasteiger partial charge on any atom is -0.379 e. The van der Waals surface area contributed by atoms with Crippen LogP contribution in [-0.4, -0.2) is 106 Å². The topological polar surface area (TPSA) is 71.8 Å². The molecule has 8 rings (SSSR count). The number of piperidine rings is 2. The van der Waals surface area contributed by atoms with Crippen molar-refractivity contribution in [2.45, 2.75) is 95.2 Å². The predicted octanol–water partition coefficient (Wildman–Crippen LogP) is 2.31. The van der Waals surface area contributed by atoms with Crippen molar-refractivity contribution in [3.05, 3.63) is 0 Å². The fraction of sp³-hybridized carbons (Fsp3) is 1.00. The van der Waals surface area contributed by atoms with E-state index in [0.717, 1.165) is 37.5 Å². The summed E-state index contributed by atoms with van der Waals surface area (Å²) in [4.78, 5) is 5.26. The molecule has 8 fully saturated rings. The third kappa shape index (κ3) is 3.62. The maximum Gasteiger partial charge on any atom is 0.184 e. The van der Waals surface area contributed by atoms with Gasteiger partial charge in [-0.2, -0.15) is 0 Å². The van der Waals surface area contributed by atoms with Gasteiger partial charge in [0.1, 0.15) is 24.5 Å². The quantitative estimate of drug-likeness (QED) is 0.529. The highest BCUT2D eigenvalue weighted by Gasteiger charge is 2.67. The van der Waals surface area contributed by atoms with E-state index in [-0.39, 0.29) is 36.4 Å². The number of nitrogens with zero attached hydrogens (tertiary/aromatic N) is 2. The minimum atomic E-state index is 0.0412. The number of fused-ring (bicyclic) bond motifs is 6. The second kappa shape index (κ2) is 8.59. The zero-order valence-corrected chi connectivity index (χ0v) is 22.1. The van der Waals surface area contributed by atoms with Gasteiger partial charge in [-0.05, 0) is 75.4 Å². The van der Waals surface area contributed by atoms with Crippen molar-refractivity contribution in [1.82, 2.24) is 9.80 Å². The lowest BCUT2D eigenvalue weighted by Crippen LogP contribution is -2.62. The molecule has 1 aliphatic carbocycles. The number of rotatable bonds is 5. The zero-order chi connectivity index (χ0) is 24.2. The highest BCUT2D eigenvalue weighted by atomic mass is 16.8. The molecule has 1 spiro atoms. The van der Waals surface area contributed by atoms with Gasteiger partial charge in [0, 0.05) is 31.0 Å². The smallest absolute Gasteiger partial charge is 0.184 e. The van der Waals surface area contributed by atoms with Gasteiger partial charge < -0.3 is 33.3 Å². The second-order valence-electron chi connectivity index (χ2n) is 13.3. The molecule has 0 aromatic heterocycles. The van der Waals surface area contributed by atoms with Gasteiger partial charge in [-0.3, -0.25) is 4.90 Å². The van der Waals surface area contributed by atoms with Crippen LogP contribution in [0.1, 0.15) is 46.0 Å². The van der Waals surface area contributed by atoms with Crippen molar-refractivity contribution >= 4 is 0 Å². The van der Waals surface area contributed by atoms with E-state index in [4.69, 9.17) is 28.4 Å². The van der Waals surface area contributed by atoms with E-state index < -0.39 is 0 Å². The predicted molar refractivity (Wildman–Crippen MR) is 130 cm³/mol. The molecule has 7 heterocycles. The Balaban J connectivity index is 0.867. The first-order valence-corrected chi connectivity index (χ1v) is 14.8. The van der Waals surface area contributed by atoms with Crippen molar-refractivity contribution in [3.63, 3.8) is 0 Å². The van der Waals surface area contributed by atoms with Crippen molar-refractivity contribution in [1.29, 1.82) is 0 Å². The van der Waals surface area contributed by atoms with E-state index >= 15 is 0 Å². The molecule has 8 aliphatic rings. The summed E-state index contributed by atoms with van der Waals surface area (Å²) in [5.41, 5.74) is 0.162. The van der Waals surface area contributed by atoms with E-state index in [1.165, 1.54) is 51.7 Å². The fourth-order valence-corrected chi connectivity index (χ4v) is 9.26. The van der Waals surface area contributed by atoms with Gasteiger partial charge >= 0.3 is 0 Å². The average Bonchev–Trinajstić information content (AvgIpc) is 3.75. The summed E-state index contributed by atoms with van der Waals surface area (Å²) in [6, 6.07) is 0.364. The van der Waals surface area contributed by atoms with E-state index in [1.807, 2.05) is 7.11 Å². The molecule has 7 saturated heterocycles. The van der Waals surface area contributed by atoms with E-state index in [0.29, 0.717) is 30.1 Å². The van der Waals surface area contributed by atoms with Gasteiger partial charge in [0.05, 0.1) is 19.3 Å². The second-order valence-corrected chi connectivity index (χ2v) is 13.3. The SMILES string of the molecule is COC1CN(C2COC3OC3C2C)C2OC2C12CCN(CCC1CCC3C(COC4OC43)C1C)CC2. The normalized spacial score (nSPS) is 55.2. The summed E-state index contributed by atoms with van der Waals surface area (Å²) in [5.74, 6) is 3.49. The molecular formula is C28H44N2O6. The van der Waals surface area contributed by atoms with Gasteiger partial charge in [0.2, 0.25) is 0 Å². The maximum absolute atomic E-state index is 6.44. The summed E-state index contributed by atoms with van der Waals surface area (Å²) in [6.07, 6.45) is 8.00. The molecule has 0 bridgehead atoms. The molecule has 0 aromatic carbocycles. The summed E-state index contributed by atoms with van der Waals surface area (Å²) < 4.78 is 35.9. The lowest BCUT2D eigenvalue weighted by molar-refractivity contribution is -0.112. The van der Waals surface area contributed by atoms with Crippen LogP contribution in [0.5, 0.6) is 0 Å². The molecule has 8 heteroatoms. The van der Waals surface area contributed by atoms with Crippen LogP contribution in [0, 0.1) is 35.0 Å². The highest BCUT2D eigenvalue weighted by molar-refractivity contribution is 5.13. The lowest BCUT2D eigenvalue weighted by atomic mass is 9.65. The Morgan fingerprint density at radius 2 is 1.67 bits per heavy atom. The summed E-state index contributed by atoms with van der Waals surface area (Å²) >= 11 is 0. The highest BCUT2D eigenvalue weighted by Crippen LogP contribution is 2.56. The molecule has 36 heavy (non-hydrogen) atoms. The lowest BCUT2D eigenvalue weighted by Gasteiger charge is -2.51. The van der Waals surface area contributed by atoms with Gasteiger partial charge in [-0.15, -0.1) is 0 Å². The Bertz CT molecular complexity index is 852. The van der Waals surface area contributed by atoms with E-state index in [1.54, 1.807) is 0 Å². The monoisotopic (exact) mass is 504 g/mol. The third-order valence-corrected chi connectivity index (χ3v) is 11.9. The largest absolute Gasteiger partial charge is 0.379 e. The molecule has 0 N–H and O–H groups in total. The van der Waals surface area contributed by atoms with Gasteiger partial charge in [0.15, 0.2) is 12.6 Å². The number of methoxy groups -OCH3 is 1. The first kappa shape index (κ1) is 23.6. The standard InChI is InChI=1S/C28H44N2O6/c1-15-17(4-5-18-19(15)13-32-27-23(18)35-27)6-9-29-10-7-28(8-11-29)21(31-3)12-30(25-24(28)36-25)20-14-33-26-22(34-26)16(20)2/h15-27H,4-14H2,1-3H3. The average molecular weight is 505 g/mol. The van der Waals surface area contributed by atoms with Crippen LogP contribution in [0.4, 0.5) is 0 Å². The number of hydrogen-bond donors (Lipinski definition) is 0. The molecular weight excluding hydrogens is 460 g/mol. The van der Waals surface area contributed by atoms with Crippen LogP contribution in [0.3, 0.4) is 0 Å². The summed E-state index contributed by atoms with van der Waals surface area (Å²) in [7, 11) is 1.90. The Morgan fingerprint density at radius 1 is 0.889 bits per heavy atom. The summed E-state index contributed by atoms with van der Waals surface area (Å²) in [6.45, 7) is 11.0. The first-order valence-electron chi connectivity index (χ1n) is 14.8. The Hall–Kier alpha value is -0.320. The molecule has 13 atom stereocenters. The fourth-order valence-electron chi connectivity index (χ4n) is 9.26. The van der Waals surface area contributed by atoms with Gasteiger partial charge in [0.25, 0.3) is 0 Å². The van der Waals surface area contributed by atoms with Crippen LogP contribution < -0.4 is 0 Å². The molecule has 8 nitrogen and oxygen atoms in total. The molecule has 7 aliphatic heterocycles. The molecule has 1 saturated carbocycles. The summed E-state index contributed by atoms with van der Waals surface area (Å²) in [5, 5.41) is 0. The third-order valence-electron chi connectivity index (χ3n) is 11.9. The first-order chi connectivity index (χ1) is 17.6. The van der Waals surface area contributed by atoms with Gasteiger partial charge in [-0.1, -0.05) is 13.8 Å². The molecule has 0 radical (unpaired) electrons. The van der Waals surface area contributed by atoms with Crippen molar-refractivity contribution in [2.75, 3.05) is 46.5 Å². The van der Waals surface area contributed by atoms with Gasteiger partial charge in [-0.25, -0.2) is 0 Å². The number of epoxide rings is 3. The van der Waals surface area contributed by atoms with Crippen LogP contribution in [0.15, 0.2) is 0 Å². The molecule has 202 valence electrons. The Morgan fingerprint density at radius 3 is 2.50 bits per heavy atom. The van der Waals surface area contributed by atoms with E-state index in [2.05, 4.69) is 23.6 Å². The molecule has 0 aromatic rings. The number of likely N-dealkylation sites (tertiary alicyclic amines) is 2. The minimum absolute atomic E-state index is 0.0412. The van der Waals surface area contributed by atoms with Crippen molar-refractivity contribution < 1.29 is 28.4 Å².